The zero-order chi connectivity index (χ0) is 15.2. The van der Waals surface area contributed by atoms with Gasteiger partial charge in [-0.15, -0.1) is 0 Å². The highest BCUT2D eigenvalue weighted by Crippen LogP contribution is 2.17. The lowest BCUT2D eigenvalue weighted by Gasteiger charge is -2.09. The van der Waals surface area contributed by atoms with Crippen LogP contribution in [0.25, 0.3) is 0 Å². The monoisotopic (exact) mass is 296 g/mol. The van der Waals surface area contributed by atoms with Crippen molar-refractivity contribution in [2.75, 3.05) is 12.3 Å². The summed E-state index contributed by atoms with van der Waals surface area (Å²) in [4.78, 5) is 11.2. The van der Waals surface area contributed by atoms with E-state index >= 15 is 0 Å². The summed E-state index contributed by atoms with van der Waals surface area (Å²) in [7, 11) is -4.10. The van der Waals surface area contributed by atoms with E-state index in [0.717, 1.165) is 12.8 Å². The number of rotatable bonds is 5. The molecule has 2 amide bonds. The molecule has 1 aromatic carbocycles. The van der Waals surface area contributed by atoms with Crippen LogP contribution >= 0.6 is 0 Å². The molecule has 8 heteroatoms. The Hall–Kier alpha value is -2.27. The summed E-state index contributed by atoms with van der Waals surface area (Å²) in [6.45, 7) is 2.33. The second-order valence-corrected chi connectivity index (χ2v) is 5.73. The minimum Gasteiger partial charge on any atom is -0.399 e. The van der Waals surface area contributed by atoms with Crippen LogP contribution in [-0.4, -0.2) is 21.0 Å². The number of nitrogen functional groups attached to an aromatic ring is 1. The van der Waals surface area contributed by atoms with Crippen LogP contribution in [0.15, 0.2) is 23.1 Å². The van der Waals surface area contributed by atoms with E-state index in [1.165, 1.54) is 18.2 Å². The molecule has 4 N–H and O–H groups in total. The summed E-state index contributed by atoms with van der Waals surface area (Å²) in [5.74, 6) is 0. The molecule has 7 nitrogen and oxygen atoms in total. The third-order valence-corrected chi connectivity index (χ3v) is 3.85. The molecule has 0 atom stereocenters. The number of hydrogen-bond donors (Lipinski definition) is 3. The predicted molar refractivity (Wildman–Crippen MR) is 74.2 cm³/mol. The van der Waals surface area contributed by atoms with Crippen LogP contribution in [0.4, 0.5) is 10.5 Å². The molecule has 0 aliphatic rings. The van der Waals surface area contributed by atoms with E-state index in [-0.39, 0.29) is 16.1 Å². The van der Waals surface area contributed by atoms with Crippen molar-refractivity contribution in [2.45, 2.75) is 24.7 Å². The molecule has 0 aliphatic carbocycles. The topological polar surface area (TPSA) is 125 Å². The number of sulfonamides is 1. The van der Waals surface area contributed by atoms with Gasteiger partial charge in [-0.25, -0.2) is 17.9 Å². The van der Waals surface area contributed by atoms with Gasteiger partial charge in [0.25, 0.3) is 10.0 Å². The highest BCUT2D eigenvalue weighted by molar-refractivity contribution is 7.90. The normalized spacial score (nSPS) is 10.6. The predicted octanol–water partition coefficient (Wildman–Crippen LogP) is 0.928. The Morgan fingerprint density at radius 1 is 1.45 bits per heavy atom. The van der Waals surface area contributed by atoms with Gasteiger partial charge >= 0.3 is 6.03 Å². The third kappa shape index (κ3) is 4.13. The molecule has 0 saturated carbocycles. The Labute approximate surface area is 117 Å². The van der Waals surface area contributed by atoms with Gasteiger partial charge in [-0.05, 0) is 24.6 Å². The number of benzene rings is 1. The Balaban J connectivity index is 2.90. The maximum Gasteiger partial charge on any atom is 0.328 e. The van der Waals surface area contributed by atoms with Crippen molar-refractivity contribution < 1.29 is 13.2 Å². The molecule has 0 fully saturated rings. The average molecular weight is 296 g/mol. The Morgan fingerprint density at radius 2 is 2.15 bits per heavy atom. The molecule has 108 valence electrons. The second-order valence-electron chi connectivity index (χ2n) is 4.08. The smallest absolute Gasteiger partial charge is 0.328 e. The summed E-state index contributed by atoms with van der Waals surface area (Å²) >= 11 is 0. The van der Waals surface area contributed by atoms with E-state index in [1.807, 2.05) is 11.6 Å². The largest absolute Gasteiger partial charge is 0.399 e. The molecule has 0 saturated heterocycles. The molecule has 1 aromatic rings. The number of nitriles is 1. The van der Waals surface area contributed by atoms with Crippen molar-refractivity contribution in [1.82, 2.24) is 10.0 Å². The number of unbranched alkanes of at least 4 members (excludes halogenated alkanes) is 1. The van der Waals surface area contributed by atoms with Crippen LogP contribution in [0.5, 0.6) is 0 Å². The minimum atomic E-state index is -4.10. The van der Waals surface area contributed by atoms with Gasteiger partial charge in [0.2, 0.25) is 0 Å². The summed E-state index contributed by atoms with van der Waals surface area (Å²) in [6.07, 6.45) is 1.63. The van der Waals surface area contributed by atoms with Crippen molar-refractivity contribution in [1.29, 1.82) is 5.26 Å². The number of amides is 2. The third-order valence-electron chi connectivity index (χ3n) is 2.46. The van der Waals surface area contributed by atoms with Crippen LogP contribution < -0.4 is 15.8 Å². The Bertz CT molecular complexity index is 635. The fourth-order valence-corrected chi connectivity index (χ4v) is 2.53. The molecule has 20 heavy (non-hydrogen) atoms. The fourth-order valence-electron chi connectivity index (χ4n) is 1.46. The second kappa shape index (κ2) is 6.77. The van der Waals surface area contributed by atoms with E-state index in [9.17, 15) is 13.2 Å². The van der Waals surface area contributed by atoms with E-state index in [1.54, 1.807) is 6.07 Å². The number of carbonyl (C=O) groups excluding carboxylic acids is 1. The van der Waals surface area contributed by atoms with E-state index < -0.39 is 16.1 Å². The molecular formula is C12H16N4O3S. The van der Waals surface area contributed by atoms with Crippen molar-refractivity contribution in [3.63, 3.8) is 0 Å². The van der Waals surface area contributed by atoms with Crippen LogP contribution in [0.1, 0.15) is 25.3 Å². The highest BCUT2D eigenvalue weighted by atomic mass is 32.2. The average Bonchev–Trinajstić information content (AvgIpc) is 2.37. The molecule has 0 aliphatic heterocycles. The van der Waals surface area contributed by atoms with Gasteiger partial charge in [-0.3, -0.25) is 0 Å². The Kier molecular flexibility index (Phi) is 5.34. The first kappa shape index (κ1) is 15.8. The lowest BCUT2D eigenvalue weighted by atomic mass is 10.2. The maximum absolute atomic E-state index is 12.0. The number of hydrogen-bond acceptors (Lipinski definition) is 5. The Morgan fingerprint density at radius 3 is 2.75 bits per heavy atom. The van der Waals surface area contributed by atoms with Gasteiger partial charge in [0.05, 0.1) is 5.56 Å². The summed E-state index contributed by atoms with van der Waals surface area (Å²) < 4.78 is 25.9. The molecule has 0 bridgehead atoms. The molecular weight excluding hydrogens is 280 g/mol. The quantitative estimate of drug-likeness (QED) is 0.550. The number of anilines is 1. The standard InChI is InChI=1S/C12H16N4O3S/c1-2-3-6-15-12(17)16-20(18,19)11-5-4-10(14)7-9(11)8-13/h4-5,7H,2-3,6,14H2,1H3,(H2,15,16,17). The van der Waals surface area contributed by atoms with E-state index in [4.69, 9.17) is 11.0 Å². The zero-order valence-electron chi connectivity index (χ0n) is 11.0. The van der Waals surface area contributed by atoms with Crippen LogP contribution in [0, 0.1) is 11.3 Å². The molecule has 1 rings (SSSR count). The van der Waals surface area contributed by atoms with Gasteiger partial charge < -0.3 is 11.1 Å². The molecule has 0 heterocycles. The van der Waals surface area contributed by atoms with Crippen molar-refractivity contribution in [2.24, 2.45) is 0 Å². The van der Waals surface area contributed by atoms with Crippen LogP contribution in [-0.2, 0) is 10.0 Å². The molecule has 0 radical (unpaired) electrons. The van der Waals surface area contributed by atoms with Crippen LogP contribution in [0.3, 0.4) is 0 Å². The first-order valence-corrected chi connectivity index (χ1v) is 7.49. The summed E-state index contributed by atoms with van der Waals surface area (Å²) in [5, 5.41) is 11.3. The van der Waals surface area contributed by atoms with Gasteiger partial charge in [0, 0.05) is 12.2 Å². The first-order valence-electron chi connectivity index (χ1n) is 6.01. The minimum absolute atomic E-state index is 0.112. The highest BCUT2D eigenvalue weighted by Gasteiger charge is 2.21. The number of nitrogens with zero attached hydrogens (tertiary/aromatic N) is 1. The number of nitrogens with one attached hydrogen (secondary N) is 2. The number of urea groups is 1. The fraction of sp³-hybridized carbons (Fsp3) is 0.333. The summed E-state index contributed by atoms with van der Waals surface area (Å²) in [5.41, 5.74) is 5.64. The lowest BCUT2D eigenvalue weighted by molar-refractivity contribution is 0.245. The van der Waals surface area contributed by atoms with Crippen molar-refractivity contribution in [3.8, 4) is 6.07 Å². The van der Waals surface area contributed by atoms with Crippen LogP contribution in [0.2, 0.25) is 0 Å². The van der Waals surface area contributed by atoms with Crippen molar-refractivity contribution in [3.05, 3.63) is 23.8 Å². The molecule has 0 unspecified atom stereocenters. The van der Waals surface area contributed by atoms with Gasteiger partial charge in [0.1, 0.15) is 11.0 Å². The van der Waals surface area contributed by atoms with E-state index in [2.05, 4.69) is 5.32 Å². The van der Waals surface area contributed by atoms with Gasteiger partial charge in [-0.2, -0.15) is 5.26 Å². The van der Waals surface area contributed by atoms with E-state index in [0.29, 0.717) is 6.54 Å². The van der Waals surface area contributed by atoms with Gasteiger partial charge in [-0.1, -0.05) is 13.3 Å². The first-order chi connectivity index (χ1) is 9.40. The molecule has 0 aromatic heterocycles. The number of nitrogens with two attached hydrogens (primary N) is 1. The maximum atomic E-state index is 12.0. The lowest BCUT2D eigenvalue weighted by Crippen LogP contribution is -2.40. The molecule has 0 spiro atoms. The number of carbonyl (C=O) groups is 1. The van der Waals surface area contributed by atoms with Crippen molar-refractivity contribution >= 4 is 21.7 Å². The summed E-state index contributed by atoms with van der Waals surface area (Å²) in [6, 6.07) is 4.70. The zero-order valence-corrected chi connectivity index (χ0v) is 11.8. The van der Waals surface area contributed by atoms with Gasteiger partial charge in [0.15, 0.2) is 0 Å². The SMILES string of the molecule is CCCCNC(=O)NS(=O)(=O)c1ccc(N)cc1C#N.